The highest BCUT2D eigenvalue weighted by Gasteiger charge is 2.29. The molecule has 5 rings (SSSR count). The number of pyridine rings is 1. The molecule has 13 heteroatoms. The third-order valence-corrected chi connectivity index (χ3v) is 7.57. The molecule has 190 valence electrons. The Morgan fingerprint density at radius 3 is 2.46 bits per heavy atom. The summed E-state index contributed by atoms with van der Waals surface area (Å²) >= 11 is 0. The number of hydrogen-bond donors (Lipinski definition) is 2. The number of nitrogens with two attached hydrogens (primary N) is 1. The lowest BCUT2D eigenvalue weighted by molar-refractivity contribution is 0.552. The molecule has 10 nitrogen and oxygen atoms in total. The van der Waals surface area contributed by atoms with Crippen molar-refractivity contribution in [1.29, 1.82) is 0 Å². The van der Waals surface area contributed by atoms with Crippen LogP contribution in [0.3, 0.4) is 0 Å². The second-order valence-corrected chi connectivity index (χ2v) is 10.4. The minimum Gasteiger partial charge on any atom is -0.368 e. The van der Waals surface area contributed by atoms with Crippen molar-refractivity contribution in [1.82, 2.24) is 28.5 Å². The molecule has 0 radical (unpaired) electrons. The van der Waals surface area contributed by atoms with E-state index in [4.69, 9.17) is 5.73 Å². The van der Waals surface area contributed by atoms with Gasteiger partial charge in [-0.25, -0.2) is 26.2 Å². The van der Waals surface area contributed by atoms with Crippen LogP contribution in [0.25, 0.3) is 11.0 Å². The van der Waals surface area contributed by atoms with Crippen molar-refractivity contribution < 1.29 is 17.2 Å². The van der Waals surface area contributed by atoms with Gasteiger partial charge < -0.3 is 15.6 Å². The zero-order valence-corrected chi connectivity index (χ0v) is 20.8. The van der Waals surface area contributed by atoms with Crippen LogP contribution in [-0.4, -0.2) is 36.9 Å². The maximum atomic E-state index is 14.7. The Kier molecular flexibility index (Phi) is 5.86. The van der Waals surface area contributed by atoms with Crippen LogP contribution in [-0.2, 0) is 17.1 Å². The Balaban J connectivity index is 1.79. The van der Waals surface area contributed by atoms with Gasteiger partial charge in [0.15, 0.2) is 5.65 Å². The number of nitrogens with zero attached hydrogens (tertiary/aromatic N) is 6. The predicted molar refractivity (Wildman–Crippen MR) is 134 cm³/mol. The molecule has 0 saturated heterocycles. The molecule has 3 N–H and O–H groups in total. The van der Waals surface area contributed by atoms with E-state index in [1.807, 2.05) is 6.92 Å². The second kappa shape index (κ2) is 8.92. The van der Waals surface area contributed by atoms with Crippen molar-refractivity contribution >= 4 is 38.6 Å². The van der Waals surface area contributed by atoms with E-state index < -0.39 is 27.6 Å². The molecule has 37 heavy (non-hydrogen) atoms. The minimum atomic E-state index is -4.15. The number of rotatable bonds is 6. The summed E-state index contributed by atoms with van der Waals surface area (Å²) in [6, 6.07) is 7.05. The zero-order chi connectivity index (χ0) is 26.5. The van der Waals surface area contributed by atoms with E-state index >= 15 is 0 Å². The molecule has 0 saturated carbocycles. The van der Waals surface area contributed by atoms with Gasteiger partial charge in [-0.2, -0.15) is 9.97 Å². The highest BCUT2D eigenvalue weighted by molar-refractivity contribution is 7.90. The van der Waals surface area contributed by atoms with Crippen LogP contribution in [0.2, 0.25) is 0 Å². The van der Waals surface area contributed by atoms with Crippen LogP contribution in [0.5, 0.6) is 0 Å². The summed E-state index contributed by atoms with van der Waals surface area (Å²) in [6.45, 7) is 3.47. The third kappa shape index (κ3) is 4.37. The van der Waals surface area contributed by atoms with Crippen LogP contribution in [0.1, 0.15) is 29.7 Å². The van der Waals surface area contributed by atoms with Crippen LogP contribution in [0.4, 0.5) is 26.4 Å². The summed E-state index contributed by atoms with van der Waals surface area (Å²) in [5, 5.41) is 3.32. The van der Waals surface area contributed by atoms with Crippen molar-refractivity contribution in [3.63, 3.8) is 0 Å². The number of fused-ring (bicyclic) bond motifs is 1. The fourth-order valence-electron chi connectivity index (χ4n) is 4.06. The second-order valence-electron chi connectivity index (χ2n) is 8.62. The Labute approximate surface area is 210 Å². The molecule has 0 aliphatic heterocycles. The number of aryl methyl sites for hydroxylation is 2. The molecule has 1 aromatic carbocycles. The lowest BCUT2D eigenvalue weighted by atomic mass is 9.97. The molecule has 0 spiro atoms. The lowest BCUT2D eigenvalue weighted by Gasteiger charge is -2.13. The first kappa shape index (κ1) is 24.3. The molecule has 4 aromatic heterocycles. The van der Waals surface area contributed by atoms with Gasteiger partial charge in [0.05, 0.1) is 28.5 Å². The quantitative estimate of drug-likeness (QED) is 0.342. The van der Waals surface area contributed by atoms with Crippen molar-refractivity contribution in [3.8, 4) is 0 Å². The number of halogens is 2. The van der Waals surface area contributed by atoms with E-state index in [0.29, 0.717) is 11.4 Å². The molecular formula is C24H22F2N8O2S. The number of aromatic nitrogens is 6. The van der Waals surface area contributed by atoms with Crippen LogP contribution >= 0.6 is 0 Å². The predicted octanol–water partition coefficient (Wildman–Crippen LogP) is 3.86. The summed E-state index contributed by atoms with van der Waals surface area (Å²) in [4.78, 5) is 16.7. The highest BCUT2D eigenvalue weighted by Crippen LogP contribution is 2.38. The van der Waals surface area contributed by atoms with E-state index in [1.165, 1.54) is 18.3 Å². The molecule has 0 aliphatic carbocycles. The van der Waals surface area contributed by atoms with Crippen LogP contribution in [0, 0.1) is 18.6 Å². The van der Waals surface area contributed by atoms with Crippen molar-refractivity contribution in [2.45, 2.75) is 24.7 Å². The number of benzene rings is 1. The minimum absolute atomic E-state index is 0.0177. The Bertz CT molecular complexity index is 1750. The fourth-order valence-corrected chi connectivity index (χ4v) is 5.38. The van der Waals surface area contributed by atoms with Gasteiger partial charge >= 0.3 is 0 Å². The van der Waals surface area contributed by atoms with Gasteiger partial charge in [0.1, 0.15) is 23.3 Å². The first-order valence-electron chi connectivity index (χ1n) is 11.1. The van der Waals surface area contributed by atoms with Crippen LogP contribution in [0.15, 0.2) is 60.1 Å². The van der Waals surface area contributed by atoms with Crippen molar-refractivity contribution in [3.05, 3.63) is 83.7 Å². The molecular weight excluding hydrogens is 502 g/mol. The summed E-state index contributed by atoms with van der Waals surface area (Å²) in [5.74, 6) is -2.11. The average molecular weight is 525 g/mol. The molecule has 0 unspecified atom stereocenters. The molecule has 4 heterocycles. The van der Waals surface area contributed by atoms with Gasteiger partial charge in [-0.15, -0.1) is 0 Å². The number of anilines is 3. The smallest absolute Gasteiger partial charge is 0.269 e. The first-order valence-corrected chi connectivity index (χ1v) is 12.5. The van der Waals surface area contributed by atoms with E-state index in [-0.39, 0.29) is 33.4 Å². The van der Waals surface area contributed by atoms with Gasteiger partial charge in [0.2, 0.25) is 5.95 Å². The molecule has 0 bridgehead atoms. The monoisotopic (exact) mass is 524 g/mol. The van der Waals surface area contributed by atoms with Gasteiger partial charge in [-0.3, -0.25) is 4.98 Å². The Morgan fingerprint density at radius 2 is 1.81 bits per heavy atom. The maximum Gasteiger partial charge on any atom is 0.269 e. The normalized spacial score (nSPS) is 12.7. The zero-order valence-electron chi connectivity index (χ0n) is 20.0. The molecule has 0 aliphatic rings. The Morgan fingerprint density at radius 1 is 1.08 bits per heavy atom. The molecule has 0 amide bonds. The summed E-state index contributed by atoms with van der Waals surface area (Å²) in [6.07, 6.45) is 5.50. The SMILES string of the molecule is Cc1ccc(S(=O)(=O)n2cc([C@@H](C)c3ncc(F)cc3F)c3c(Nc4cn(C)cn4)nc(N)nc32)cc1. The van der Waals surface area contributed by atoms with Crippen molar-refractivity contribution in [2.75, 3.05) is 11.1 Å². The first-order chi connectivity index (χ1) is 17.5. The van der Waals surface area contributed by atoms with E-state index in [9.17, 15) is 17.2 Å². The number of imidazole rings is 1. The van der Waals surface area contributed by atoms with E-state index in [1.54, 1.807) is 43.2 Å². The molecule has 0 fully saturated rings. The molecule has 1 atom stereocenters. The average Bonchev–Trinajstić information content (AvgIpc) is 3.42. The summed E-state index contributed by atoms with van der Waals surface area (Å²) in [5.41, 5.74) is 7.11. The maximum absolute atomic E-state index is 14.7. The Hall–Kier alpha value is -4.39. The van der Waals surface area contributed by atoms with E-state index in [2.05, 4.69) is 25.3 Å². The lowest BCUT2D eigenvalue weighted by Crippen LogP contribution is -2.13. The van der Waals surface area contributed by atoms with Gasteiger partial charge in [-0.1, -0.05) is 24.6 Å². The topological polar surface area (TPSA) is 134 Å². The van der Waals surface area contributed by atoms with Crippen LogP contribution < -0.4 is 11.1 Å². The highest BCUT2D eigenvalue weighted by atomic mass is 32.2. The van der Waals surface area contributed by atoms with Gasteiger partial charge in [0.25, 0.3) is 10.0 Å². The van der Waals surface area contributed by atoms with Gasteiger partial charge in [-0.05, 0) is 24.6 Å². The number of hydrogen-bond acceptors (Lipinski definition) is 8. The largest absolute Gasteiger partial charge is 0.368 e. The summed E-state index contributed by atoms with van der Waals surface area (Å²) < 4.78 is 58.4. The third-order valence-electron chi connectivity index (χ3n) is 5.90. The fraction of sp³-hybridized carbons (Fsp3) is 0.167. The van der Waals surface area contributed by atoms with E-state index in [0.717, 1.165) is 21.8 Å². The number of nitrogens with one attached hydrogen (secondary N) is 1. The standard InChI is InChI=1S/C24H22F2N8O2S/c1-13-4-6-16(7-5-13)37(35,36)34-10-17(14(2)21-18(26)8-15(25)9-28-21)20-22(31-24(27)32-23(20)34)30-19-11-33(3)12-29-19/h4-12,14H,1-3H3,(H3,27,30,31,32)/t14-/m1/s1. The van der Waals surface area contributed by atoms with Gasteiger partial charge in [0, 0.05) is 31.4 Å². The van der Waals surface area contributed by atoms with Crippen molar-refractivity contribution in [2.24, 2.45) is 7.05 Å². The number of nitrogen functional groups attached to an aromatic ring is 1. The molecule has 5 aromatic rings. The summed E-state index contributed by atoms with van der Waals surface area (Å²) in [7, 11) is -2.37.